The van der Waals surface area contributed by atoms with E-state index < -0.39 is 0 Å². The minimum Gasteiger partial charge on any atom is -0.377 e. The van der Waals surface area contributed by atoms with E-state index in [0.717, 1.165) is 19.3 Å². The van der Waals surface area contributed by atoms with E-state index in [1.165, 1.54) is 17.7 Å². The van der Waals surface area contributed by atoms with E-state index in [-0.39, 0.29) is 11.6 Å². The van der Waals surface area contributed by atoms with Crippen molar-refractivity contribution in [2.24, 2.45) is 5.73 Å². The molecule has 0 saturated heterocycles. The quantitative estimate of drug-likeness (QED) is 0.854. The summed E-state index contributed by atoms with van der Waals surface area (Å²) in [5.41, 5.74) is 6.25. The normalized spacial score (nSPS) is 21.7. The van der Waals surface area contributed by atoms with Crippen LogP contribution in [0.1, 0.15) is 30.6 Å². The summed E-state index contributed by atoms with van der Waals surface area (Å²) in [4.78, 5) is 1.37. The Morgan fingerprint density at radius 1 is 1.53 bits per heavy atom. The van der Waals surface area contributed by atoms with Crippen molar-refractivity contribution in [2.45, 2.75) is 43.7 Å². The molecule has 0 aromatic carbocycles. The molecular weight excluding hydrogens is 206 g/mol. The van der Waals surface area contributed by atoms with Gasteiger partial charge in [-0.3, -0.25) is 0 Å². The van der Waals surface area contributed by atoms with Crippen LogP contribution in [0, 0.1) is 0 Å². The van der Waals surface area contributed by atoms with Crippen molar-refractivity contribution >= 4 is 11.3 Å². The average molecular weight is 225 g/mol. The number of nitrogens with two attached hydrogens (primary N) is 1. The van der Waals surface area contributed by atoms with Crippen LogP contribution in [0.4, 0.5) is 0 Å². The third-order valence-corrected chi connectivity index (χ3v) is 4.43. The molecule has 0 radical (unpaired) electrons. The predicted octanol–water partition coefficient (Wildman–Crippen LogP) is 2.58. The van der Waals surface area contributed by atoms with E-state index in [1.807, 2.05) is 0 Å². The van der Waals surface area contributed by atoms with Gasteiger partial charge in [-0.2, -0.15) is 0 Å². The molecule has 0 bridgehead atoms. The first-order valence-corrected chi connectivity index (χ1v) is 6.48. The lowest BCUT2D eigenvalue weighted by Gasteiger charge is -2.33. The molecule has 15 heavy (non-hydrogen) atoms. The van der Waals surface area contributed by atoms with Crippen molar-refractivity contribution in [1.29, 1.82) is 0 Å². The lowest BCUT2D eigenvalue weighted by molar-refractivity contribution is -0.0251. The molecule has 1 aromatic heterocycles. The van der Waals surface area contributed by atoms with Gasteiger partial charge in [-0.15, -0.1) is 11.3 Å². The van der Waals surface area contributed by atoms with Gasteiger partial charge in [0.15, 0.2) is 0 Å². The highest BCUT2D eigenvalue weighted by atomic mass is 32.1. The highest BCUT2D eigenvalue weighted by molar-refractivity contribution is 7.09. The smallest absolute Gasteiger partial charge is 0.0832 e. The molecule has 1 atom stereocenters. The molecule has 1 heterocycles. The van der Waals surface area contributed by atoms with Crippen molar-refractivity contribution in [1.82, 2.24) is 0 Å². The van der Waals surface area contributed by atoms with Gasteiger partial charge in [0.2, 0.25) is 0 Å². The standard InChI is InChI=1S/C12H19NOS/c1-14-12(6-2-3-7-12)11(13)9-10-5-4-8-15-10/h4-5,8,11H,2-3,6-7,9,13H2,1H3. The molecule has 1 aromatic rings. The van der Waals surface area contributed by atoms with Gasteiger partial charge < -0.3 is 10.5 Å². The first-order valence-electron chi connectivity index (χ1n) is 5.60. The van der Waals surface area contributed by atoms with Crippen molar-refractivity contribution < 1.29 is 4.74 Å². The van der Waals surface area contributed by atoms with Gasteiger partial charge >= 0.3 is 0 Å². The van der Waals surface area contributed by atoms with Gasteiger partial charge in [0.25, 0.3) is 0 Å². The van der Waals surface area contributed by atoms with Gasteiger partial charge in [-0.05, 0) is 30.7 Å². The molecule has 0 amide bonds. The minimum atomic E-state index is -0.0516. The molecule has 84 valence electrons. The summed E-state index contributed by atoms with van der Waals surface area (Å²) >= 11 is 1.78. The maximum atomic E-state index is 6.30. The number of methoxy groups -OCH3 is 1. The summed E-state index contributed by atoms with van der Waals surface area (Å²) in [6.45, 7) is 0. The third kappa shape index (κ3) is 2.25. The van der Waals surface area contributed by atoms with E-state index >= 15 is 0 Å². The molecule has 2 nitrogen and oxygen atoms in total. The van der Waals surface area contributed by atoms with Crippen molar-refractivity contribution in [3.8, 4) is 0 Å². The van der Waals surface area contributed by atoms with E-state index in [4.69, 9.17) is 10.5 Å². The first kappa shape index (κ1) is 11.1. The second-order valence-corrected chi connectivity index (χ2v) is 5.40. The van der Waals surface area contributed by atoms with Crippen LogP contribution in [0.25, 0.3) is 0 Å². The molecule has 0 spiro atoms. The average Bonchev–Trinajstić information content (AvgIpc) is 2.87. The molecule has 1 fully saturated rings. The highest BCUT2D eigenvalue weighted by Crippen LogP contribution is 2.36. The monoisotopic (exact) mass is 225 g/mol. The Morgan fingerprint density at radius 3 is 2.80 bits per heavy atom. The van der Waals surface area contributed by atoms with E-state index in [2.05, 4.69) is 17.5 Å². The summed E-state index contributed by atoms with van der Waals surface area (Å²) in [5, 5.41) is 2.11. The van der Waals surface area contributed by atoms with Crippen molar-refractivity contribution in [2.75, 3.05) is 7.11 Å². The van der Waals surface area contributed by atoms with Gasteiger partial charge in [-0.25, -0.2) is 0 Å². The van der Waals surface area contributed by atoms with Gasteiger partial charge in [0.05, 0.1) is 5.60 Å². The summed E-state index contributed by atoms with van der Waals surface area (Å²) in [6.07, 6.45) is 5.70. The zero-order chi connectivity index (χ0) is 10.7. The molecule has 1 saturated carbocycles. The summed E-state index contributed by atoms with van der Waals surface area (Å²) in [7, 11) is 1.81. The number of hydrogen-bond donors (Lipinski definition) is 1. The zero-order valence-electron chi connectivity index (χ0n) is 9.24. The number of ether oxygens (including phenoxy) is 1. The molecule has 0 aliphatic heterocycles. The van der Waals surface area contributed by atoms with Crippen LogP contribution in [0.2, 0.25) is 0 Å². The van der Waals surface area contributed by atoms with Crippen molar-refractivity contribution in [3.63, 3.8) is 0 Å². The Morgan fingerprint density at radius 2 is 2.27 bits per heavy atom. The van der Waals surface area contributed by atoms with Crippen LogP contribution >= 0.6 is 11.3 Å². The van der Waals surface area contributed by atoms with Gasteiger partial charge in [0.1, 0.15) is 0 Å². The van der Waals surface area contributed by atoms with Crippen molar-refractivity contribution in [3.05, 3.63) is 22.4 Å². The number of hydrogen-bond acceptors (Lipinski definition) is 3. The zero-order valence-corrected chi connectivity index (χ0v) is 10.1. The fourth-order valence-electron chi connectivity index (χ4n) is 2.53. The topological polar surface area (TPSA) is 35.2 Å². The summed E-state index contributed by atoms with van der Waals surface area (Å²) in [5.74, 6) is 0. The second kappa shape index (κ2) is 4.64. The highest BCUT2D eigenvalue weighted by Gasteiger charge is 2.39. The lowest BCUT2D eigenvalue weighted by Crippen LogP contribution is -2.48. The Kier molecular flexibility index (Phi) is 3.44. The van der Waals surface area contributed by atoms with E-state index in [0.29, 0.717) is 0 Å². The maximum absolute atomic E-state index is 6.30. The molecule has 1 aliphatic carbocycles. The van der Waals surface area contributed by atoms with Crippen LogP contribution in [0.3, 0.4) is 0 Å². The third-order valence-electron chi connectivity index (χ3n) is 3.53. The number of rotatable bonds is 4. The Bertz CT molecular complexity index is 291. The van der Waals surface area contributed by atoms with Crippen LogP contribution in [-0.2, 0) is 11.2 Å². The molecule has 2 N–H and O–H groups in total. The summed E-state index contributed by atoms with van der Waals surface area (Å²) < 4.78 is 5.69. The fraction of sp³-hybridized carbons (Fsp3) is 0.667. The van der Waals surface area contributed by atoms with Crippen LogP contribution in [0.15, 0.2) is 17.5 Å². The predicted molar refractivity (Wildman–Crippen MR) is 64.2 cm³/mol. The van der Waals surface area contributed by atoms with E-state index in [1.54, 1.807) is 18.4 Å². The Balaban J connectivity index is 2.02. The minimum absolute atomic E-state index is 0.0516. The van der Waals surface area contributed by atoms with Gasteiger partial charge in [-0.1, -0.05) is 18.9 Å². The van der Waals surface area contributed by atoms with Crippen LogP contribution in [0.5, 0.6) is 0 Å². The second-order valence-electron chi connectivity index (χ2n) is 4.37. The molecule has 3 heteroatoms. The maximum Gasteiger partial charge on any atom is 0.0832 e. The Hall–Kier alpha value is -0.380. The first-order chi connectivity index (χ1) is 7.27. The summed E-state index contributed by atoms with van der Waals surface area (Å²) in [6, 6.07) is 4.38. The van der Waals surface area contributed by atoms with Crippen LogP contribution in [-0.4, -0.2) is 18.8 Å². The van der Waals surface area contributed by atoms with Crippen LogP contribution < -0.4 is 5.73 Å². The number of thiophene rings is 1. The fourth-order valence-corrected chi connectivity index (χ4v) is 3.30. The molecule has 1 unspecified atom stereocenters. The Labute approximate surface area is 95.4 Å². The molecule has 2 rings (SSSR count). The van der Waals surface area contributed by atoms with Gasteiger partial charge in [0, 0.05) is 18.0 Å². The SMILES string of the molecule is COC1(C(N)Cc2cccs2)CCCC1. The largest absolute Gasteiger partial charge is 0.377 e. The lowest BCUT2D eigenvalue weighted by atomic mass is 9.90. The molecular formula is C12H19NOS. The van der Waals surface area contributed by atoms with E-state index in [9.17, 15) is 0 Å². The molecule has 1 aliphatic rings.